The van der Waals surface area contributed by atoms with Gasteiger partial charge in [-0.05, 0) is 45.6 Å². The Balaban J connectivity index is 2.38. The van der Waals surface area contributed by atoms with Crippen LogP contribution in [0.1, 0.15) is 59.6 Å². The third-order valence-electron chi connectivity index (χ3n) is 5.20. The number of nitrogens with zero attached hydrogens (tertiary/aromatic N) is 1. The van der Waals surface area contributed by atoms with Crippen LogP contribution < -0.4 is 5.32 Å². The zero-order chi connectivity index (χ0) is 21.1. The van der Waals surface area contributed by atoms with Crippen molar-refractivity contribution in [1.82, 2.24) is 10.2 Å². The van der Waals surface area contributed by atoms with Crippen LogP contribution in [0.15, 0.2) is 30.3 Å². The number of carbonyl (C=O) groups excluding carboxylic acids is 2. The first-order valence-electron chi connectivity index (χ1n) is 9.87. The van der Waals surface area contributed by atoms with Crippen LogP contribution >= 0.6 is 0 Å². The number of carbonyl (C=O) groups is 2. The number of methoxy groups -OCH3 is 1. The SMILES string of the molecule is COC(=O)C(C)(C)NC(=O)[C@H](CC(C)C)N1[C@H](c2ccccc2)COC1(C)C. The molecule has 1 aliphatic rings. The summed E-state index contributed by atoms with van der Waals surface area (Å²) in [6, 6.07) is 9.62. The van der Waals surface area contributed by atoms with Crippen molar-refractivity contribution in [3.63, 3.8) is 0 Å². The maximum absolute atomic E-state index is 13.4. The average molecular weight is 391 g/mol. The number of esters is 1. The molecule has 0 unspecified atom stereocenters. The minimum atomic E-state index is -1.10. The lowest BCUT2D eigenvalue weighted by molar-refractivity contribution is -0.152. The molecule has 0 aliphatic carbocycles. The molecule has 6 nitrogen and oxygen atoms in total. The van der Waals surface area contributed by atoms with Crippen molar-refractivity contribution in [2.75, 3.05) is 13.7 Å². The van der Waals surface area contributed by atoms with E-state index in [1.165, 1.54) is 7.11 Å². The third kappa shape index (κ3) is 4.92. The molecule has 0 aromatic heterocycles. The average Bonchev–Trinajstić information content (AvgIpc) is 2.94. The van der Waals surface area contributed by atoms with Gasteiger partial charge in [-0.1, -0.05) is 44.2 Å². The second kappa shape index (κ2) is 8.62. The molecule has 2 rings (SSSR count). The Kier molecular flexibility index (Phi) is 6.88. The quantitative estimate of drug-likeness (QED) is 0.724. The van der Waals surface area contributed by atoms with Crippen molar-refractivity contribution in [2.24, 2.45) is 5.92 Å². The zero-order valence-corrected chi connectivity index (χ0v) is 18.1. The number of ether oxygens (including phenoxy) is 2. The smallest absolute Gasteiger partial charge is 0.330 e. The van der Waals surface area contributed by atoms with Gasteiger partial charge in [0.15, 0.2) is 0 Å². The molecule has 1 aromatic carbocycles. The van der Waals surface area contributed by atoms with E-state index in [4.69, 9.17) is 9.47 Å². The third-order valence-corrected chi connectivity index (χ3v) is 5.20. The molecule has 2 atom stereocenters. The molecule has 1 N–H and O–H groups in total. The van der Waals surface area contributed by atoms with E-state index >= 15 is 0 Å². The fraction of sp³-hybridized carbons (Fsp3) is 0.636. The van der Waals surface area contributed by atoms with Gasteiger partial charge in [0, 0.05) is 0 Å². The van der Waals surface area contributed by atoms with Crippen molar-refractivity contribution in [3.8, 4) is 0 Å². The monoisotopic (exact) mass is 390 g/mol. The topological polar surface area (TPSA) is 67.9 Å². The summed E-state index contributed by atoms with van der Waals surface area (Å²) in [6.45, 7) is 12.0. The Morgan fingerprint density at radius 2 is 1.89 bits per heavy atom. The van der Waals surface area contributed by atoms with Gasteiger partial charge in [-0.25, -0.2) is 4.79 Å². The molecule has 0 spiro atoms. The number of hydrogen-bond donors (Lipinski definition) is 1. The number of benzene rings is 1. The molecule has 0 radical (unpaired) electrons. The molecule has 1 saturated heterocycles. The van der Waals surface area contributed by atoms with E-state index in [2.05, 4.69) is 36.2 Å². The summed E-state index contributed by atoms with van der Waals surface area (Å²) in [4.78, 5) is 27.6. The van der Waals surface area contributed by atoms with Gasteiger partial charge in [0.05, 0.1) is 25.8 Å². The molecule has 1 fully saturated rings. The second-order valence-electron chi connectivity index (χ2n) is 8.84. The lowest BCUT2D eigenvalue weighted by Gasteiger charge is -2.41. The fourth-order valence-electron chi connectivity index (χ4n) is 3.83. The molecule has 1 amide bonds. The largest absolute Gasteiger partial charge is 0.467 e. The lowest BCUT2D eigenvalue weighted by Crippen LogP contribution is -2.59. The van der Waals surface area contributed by atoms with Gasteiger partial charge in [0.25, 0.3) is 0 Å². The van der Waals surface area contributed by atoms with E-state index in [-0.39, 0.29) is 11.9 Å². The van der Waals surface area contributed by atoms with Crippen molar-refractivity contribution in [1.29, 1.82) is 0 Å². The van der Waals surface area contributed by atoms with Gasteiger partial charge in [0.2, 0.25) is 5.91 Å². The summed E-state index contributed by atoms with van der Waals surface area (Å²) in [5, 5.41) is 2.89. The molecule has 156 valence electrons. The highest BCUT2D eigenvalue weighted by Gasteiger charge is 2.48. The standard InChI is InChI=1S/C22H34N2O4/c1-15(2)13-17(19(25)23-21(3,4)20(26)27-7)24-18(14-28-22(24,5)6)16-11-9-8-10-12-16/h8-12,15,17-18H,13-14H2,1-7H3,(H,23,25)/t17-,18-/m0/s1. The molecule has 0 bridgehead atoms. The van der Waals surface area contributed by atoms with Crippen molar-refractivity contribution in [3.05, 3.63) is 35.9 Å². The van der Waals surface area contributed by atoms with Crippen LogP contribution in [-0.4, -0.2) is 47.8 Å². The molecule has 0 saturated carbocycles. The fourth-order valence-corrected chi connectivity index (χ4v) is 3.83. The Morgan fingerprint density at radius 3 is 2.43 bits per heavy atom. The Labute approximate surface area is 168 Å². The van der Waals surface area contributed by atoms with E-state index in [1.807, 2.05) is 32.0 Å². The minimum Gasteiger partial charge on any atom is -0.467 e. The molecule has 28 heavy (non-hydrogen) atoms. The maximum Gasteiger partial charge on any atom is 0.330 e. The van der Waals surface area contributed by atoms with Crippen LogP contribution in [0.4, 0.5) is 0 Å². The van der Waals surface area contributed by atoms with Gasteiger partial charge in [0.1, 0.15) is 11.3 Å². The molecular formula is C22H34N2O4. The van der Waals surface area contributed by atoms with Crippen LogP contribution in [0.25, 0.3) is 0 Å². The van der Waals surface area contributed by atoms with Crippen molar-refractivity contribution in [2.45, 2.75) is 71.3 Å². The van der Waals surface area contributed by atoms with Crippen molar-refractivity contribution < 1.29 is 19.1 Å². The first-order valence-corrected chi connectivity index (χ1v) is 9.87. The van der Waals surface area contributed by atoms with Gasteiger partial charge in [-0.3, -0.25) is 9.69 Å². The summed E-state index contributed by atoms with van der Waals surface area (Å²) in [5.74, 6) is -0.367. The highest BCUT2D eigenvalue weighted by Crippen LogP contribution is 2.40. The summed E-state index contributed by atoms with van der Waals surface area (Å²) in [5.41, 5.74) is -0.595. The van der Waals surface area contributed by atoms with Gasteiger partial charge < -0.3 is 14.8 Å². The van der Waals surface area contributed by atoms with Gasteiger partial charge in [-0.2, -0.15) is 0 Å². The van der Waals surface area contributed by atoms with Crippen LogP contribution in [0.2, 0.25) is 0 Å². The van der Waals surface area contributed by atoms with Crippen LogP contribution in [-0.2, 0) is 19.1 Å². The molecule has 1 heterocycles. The molecule has 1 aliphatic heterocycles. The zero-order valence-electron chi connectivity index (χ0n) is 18.1. The summed E-state index contributed by atoms with van der Waals surface area (Å²) in [6.07, 6.45) is 0.652. The van der Waals surface area contributed by atoms with Gasteiger partial charge in [-0.15, -0.1) is 0 Å². The van der Waals surface area contributed by atoms with Crippen LogP contribution in [0, 0.1) is 5.92 Å². The number of nitrogens with one attached hydrogen (secondary N) is 1. The van der Waals surface area contributed by atoms with Crippen LogP contribution in [0.5, 0.6) is 0 Å². The number of rotatable bonds is 7. The Hall–Kier alpha value is -1.92. The molecule has 6 heteroatoms. The normalized spacial score (nSPS) is 20.8. The van der Waals surface area contributed by atoms with E-state index < -0.39 is 23.3 Å². The highest BCUT2D eigenvalue weighted by atomic mass is 16.5. The maximum atomic E-state index is 13.4. The Bertz CT molecular complexity index is 685. The predicted molar refractivity (Wildman–Crippen MR) is 109 cm³/mol. The summed E-state index contributed by atoms with van der Waals surface area (Å²) < 4.78 is 10.9. The van der Waals surface area contributed by atoms with Gasteiger partial charge >= 0.3 is 5.97 Å². The van der Waals surface area contributed by atoms with Crippen molar-refractivity contribution >= 4 is 11.9 Å². The Morgan fingerprint density at radius 1 is 1.29 bits per heavy atom. The number of hydrogen-bond acceptors (Lipinski definition) is 5. The second-order valence-corrected chi connectivity index (χ2v) is 8.84. The first kappa shape index (κ1) is 22.4. The summed E-state index contributed by atoms with van der Waals surface area (Å²) in [7, 11) is 1.32. The highest BCUT2D eigenvalue weighted by molar-refractivity contribution is 5.89. The number of amides is 1. The van der Waals surface area contributed by atoms with Crippen LogP contribution in [0.3, 0.4) is 0 Å². The van der Waals surface area contributed by atoms with E-state index in [0.29, 0.717) is 18.9 Å². The van der Waals surface area contributed by atoms with E-state index in [9.17, 15) is 9.59 Å². The first-order chi connectivity index (χ1) is 13.0. The summed E-state index contributed by atoms with van der Waals surface area (Å²) >= 11 is 0. The van der Waals surface area contributed by atoms with E-state index in [0.717, 1.165) is 5.56 Å². The predicted octanol–water partition coefficient (Wildman–Crippen LogP) is 3.28. The minimum absolute atomic E-state index is 0.0352. The van der Waals surface area contributed by atoms with E-state index in [1.54, 1.807) is 13.8 Å². The molecule has 1 aromatic rings. The molecular weight excluding hydrogens is 356 g/mol. The lowest BCUT2D eigenvalue weighted by atomic mass is 9.95.